The minimum Gasteiger partial charge on any atom is -0.390 e. The number of anilines is 5. The third kappa shape index (κ3) is 27.9. The van der Waals surface area contributed by atoms with Crippen molar-refractivity contribution in [3.63, 3.8) is 0 Å². The highest BCUT2D eigenvalue weighted by Gasteiger charge is 2.40. The van der Waals surface area contributed by atoms with E-state index in [0.29, 0.717) is 75.7 Å². The Morgan fingerprint density at radius 3 is 1.07 bits per heavy atom. The second-order valence-corrected chi connectivity index (χ2v) is 39.8. The molecule has 12 rings (SSSR count). The molecule has 0 aliphatic heterocycles. The van der Waals surface area contributed by atoms with Crippen LogP contribution in [-0.2, 0) is 52.1 Å². The maximum atomic E-state index is 14.7. The Bertz CT molecular complexity index is 4650. The lowest BCUT2D eigenvalue weighted by Crippen LogP contribution is -2.51. The highest BCUT2D eigenvalue weighted by atomic mass is 79.9. The first kappa shape index (κ1) is 97.5. The Balaban J connectivity index is 0.000000197. The first-order chi connectivity index (χ1) is 57.0. The third-order valence-electron chi connectivity index (χ3n) is 22.9. The number of hydrogen-bond acceptors (Lipinski definition) is 21. The number of aliphatic hydroxyl groups excluding tert-OH is 3. The summed E-state index contributed by atoms with van der Waals surface area (Å²) in [7, 11) is 0. The summed E-state index contributed by atoms with van der Waals surface area (Å²) in [5.74, 6) is -3.88. The highest BCUT2D eigenvalue weighted by molar-refractivity contribution is 9.11. The van der Waals surface area contributed by atoms with Crippen LogP contribution in [0.2, 0.25) is 0 Å². The Kier molecular flexibility index (Phi) is 36.6. The quantitative estimate of drug-likeness (QED) is 0.0180. The van der Waals surface area contributed by atoms with Crippen LogP contribution in [-0.4, -0.2) is 119 Å². The van der Waals surface area contributed by atoms with Gasteiger partial charge in [0.2, 0.25) is 19.7 Å². The van der Waals surface area contributed by atoms with E-state index in [2.05, 4.69) is 254 Å². The number of aliphatic hydroxyl groups is 3. The summed E-state index contributed by atoms with van der Waals surface area (Å²) in [5, 5.41) is 61.8. The summed E-state index contributed by atoms with van der Waals surface area (Å²) in [6.07, 6.45) is 15.7. The van der Waals surface area contributed by atoms with Crippen molar-refractivity contribution in [3.05, 3.63) is 214 Å². The van der Waals surface area contributed by atoms with Crippen molar-refractivity contribution in [1.29, 1.82) is 0 Å². The maximum absolute atomic E-state index is 14.7. The van der Waals surface area contributed by atoms with Crippen LogP contribution in [0.1, 0.15) is 229 Å². The van der Waals surface area contributed by atoms with Gasteiger partial charge in [-0.15, -0.1) is 0 Å². The van der Waals surface area contributed by atoms with E-state index in [0.717, 1.165) is 111 Å². The van der Waals surface area contributed by atoms with Gasteiger partial charge in [-0.1, -0.05) is 193 Å². The van der Waals surface area contributed by atoms with E-state index in [1.807, 2.05) is 20.8 Å². The van der Waals surface area contributed by atoms with Gasteiger partial charge in [0.15, 0.2) is 3.92 Å². The van der Waals surface area contributed by atoms with Crippen molar-refractivity contribution in [2.75, 3.05) is 65.9 Å². The summed E-state index contributed by atoms with van der Waals surface area (Å²) >= 11 is 13.2. The van der Waals surface area contributed by atoms with Gasteiger partial charge >= 0.3 is 0 Å². The molecule has 13 N–H and O–H groups in total. The SMILES string of the molecule is Brc1nsc(Br)n1.CCNc1c(F)cc(F)cc1CC(N)C(O)CNC1(c2cccc(C(C)(C)C)c2)CCCCC1.CCNc1c(F)cc(F)cc1CC(Nc1nc(Br)ns1)C(O)CNC1(c2cccc(C(C)(C)C)c2)CCCCC1.CCNc1c(F)cc(F)cc1CC(Nc1ncns1)C(O)CNC1(c2cccc(C(C)(C)C)c2)CCCCC1. The number of hydrogen-bond donors (Lipinski definition) is 12. The van der Waals surface area contributed by atoms with Gasteiger partial charge in [-0.2, -0.15) is 18.1 Å². The molecule has 0 amide bonds. The minimum atomic E-state index is -0.881. The predicted octanol–water partition coefficient (Wildman–Crippen LogP) is 21.0. The van der Waals surface area contributed by atoms with Crippen molar-refractivity contribution in [1.82, 2.24) is 44.0 Å². The molecule has 3 heterocycles. The molecule has 18 nitrogen and oxygen atoms in total. The molecule has 3 fully saturated rings. The zero-order chi connectivity index (χ0) is 87.2. The normalized spacial score (nSPS) is 16.8. The summed E-state index contributed by atoms with van der Waals surface area (Å²) in [4.78, 5) is 12.4. The molecule has 6 unspecified atom stereocenters. The second-order valence-electron chi connectivity index (χ2n) is 34.8. The molecule has 120 heavy (non-hydrogen) atoms. The second kappa shape index (κ2) is 45.1. The first-order valence-electron chi connectivity index (χ1n) is 41.9. The largest absolute Gasteiger partial charge is 0.390 e. The van der Waals surface area contributed by atoms with Gasteiger partial charge < -0.3 is 63.6 Å². The van der Waals surface area contributed by atoms with Gasteiger partial charge in [0, 0.05) is 103 Å². The smallest absolute Gasteiger partial charge is 0.210 e. The zero-order valence-corrected chi connectivity index (χ0v) is 78.3. The molecule has 0 saturated heterocycles. The fourth-order valence-electron chi connectivity index (χ4n) is 16.3. The van der Waals surface area contributed by atoms with Crippen molar-refractivity contribution in [2.45, 2.75) is 268 Å². The lowest BCUT2D eigenvalue weighted by atomic mass is 9.74. The average molecular weight is 1910 g/mol. The van der Waals surface area contributed by atoms with Crippen molar-refractivity contribution >= 4 is 110 Å². The lowest BCUT2D eigenvalue weighted by molar-refractivity contribution is 0.116. The fraction of sp³-hybridized carbons (Fsp3) is 0.533. The monoisotopic (exact) mass is 1910 g/mol. The van der Waals surface area contributed by atoms with Crippen molar-refractivity contribution in [3.8, 4) is 0 Å². The van der Waals surface area contributed by atoms with E-state index in [9.17, 15) is 41.7 Å². The molecule has 3 aromatic heterocycles. The topological polar surface area (TPSA) is 260 Å². The van der Waals surface area contributed by atoms with Crippen LogP contribution in [0.25, 0.3) is 0 Å². The van der Waals surface area contributed by atoms with Gasteiger partial charge in [0.25, 0.3) is 0 Å². The molecule has 0 bridgehead atoms. The number of benzene rings is 6. The molecule has 3 aliphatic rings. The lowest BCUT2D eigenvalue weighted by Gasteiger charge is -2.41. The van der Waals surface area contributed by atoms with Crippen LogP contribution in [0.3, 0.4) is 0 Å². The zero-order valence-electron chi connectivity index (χ0n) is 71.1. The van der Waals surface area contributed by atoms with E-state index in [1.165, 1.54) is 100 Å². The molecule has 3 aliphatic carbocycles. The number of halogens is 9. The molecule has 0 radical (unpaired) electrons. The Morgan fingerprint density at radius 1 is 0.433 bits per heavy atom. The van der Waals surface area contributed by atoms with E-state index in [1.54, 1.807) is 0 Å². The van der Waals surface area contributed by atoms with Gasteiger partial charge in [-0.25, -0.2) is 36.3 Å². The van der Waals surface area contributed by atoms with Crippen LogP contribution >= 0.6 is 82.4 Å². The summed E-state index contributed by atoms with van der Waals surface area (Å²) in [6, 6.07) is 31.1. The molecule has 6 atom stereocenters. The number of nitrogens with zero attached hydrogens (tertiary/aromatic N) is 6. The first-order valence-corrected chi connectivity index (χ1v) is 46.6. The Hall–Kier alpha value is -6.26. The van der Waals surface area contributed by atoms with Crippen LogP contribution in [0.5, 0.6) is 0 Å². The number of aromatic nitrogens is 6. The van der Waals surface area contributed by atoms with Crippen LogP contribution < -0.4 is 48.3 Å². The van der Waals surface area contributed by atoms with E-state index < -0.39 is 71.3 Å². The Morgan fingerprint density at radius 2 is 0.775 bits per heavy atom. The van der Waals surface area contributed by atoms with Crippen LogP contribution in [0, 0.1) is 34.9 Å². The predicted molar refractivity (Wildman–Crippen MR) is 490 cm³/mol. The number of rotatable bonds is 31. The van der Waals surface area contributed by atoms with E-state index in [-0.39, 0.29) is 69.2 Å². The molecular formula is C90H122Br3F6N15O3S3. The molecule has 30 heteroatoms. The van der Waals surface area contributed by atoms with E-state index in [4.69, 9.17) is 5.73 Å². The van der Waals surface area contributed by atoms with Crippen molar-refractivity contribution < 1.29 is 41.7 Å². The molecule has 9 aromatic rings. The molecule has 0 spiro atoms. The van der Waals surface area contributed by atoms with Gasteiger partial charge in [0.05, 0.1) is 47.5 Å². The minimum absolute atomic E-state index is 0.0286. The number of nitrogens with two attached hydrogens (primary N) is 1. The average Bonchev–Trinajstić information content (AvgIpc) is 1.05. The standard InChI is InChI=1S/C30H40BrF2N5OS.C30H41F2N5OS.C28H41F2N3O.C2Br2N2S/c1-5-34-26-19(14-22(32)17-23(26)33)15-24(36-28-37-27(31)38-40-28)25(39)18-35-30(12-7-6-8-13-30)21-11-9-10-20(16-21)29(2,3)4;1-5-33-27-20(14-23(31)17-24(27)32)15-25(37-28-34-19-36-39-28)26(38)18-35-30(12-7-6-8-13-30)22-11-9-10-21(16-22)29(2,3)4;1-5-32-26-19(14-22(29)17-23(26)30)15-24(31)25(34)18-33-28(12-7-6-8-13-28)21-11-9-10-20(16-21)27(2,3)4;3-1-5-2(4)7-6-1/h9-11,14,16-17,24-25,34-35,39H,5-8,12-13,15,18H2,1-4H3,(H,36,37,38);9-11,14,16-17,19,25-26,33,35,38H,5-8,12-13,15,18H2,1-4H3,(H,34,36,37);9-11,14,16-17,24-25,32-34H,5-8,12-13,15,18,31H2,1-4H3;. The molecule has 6 aromatic carbocycles. The van der Waals surface area contributed by atoms with Crippen molar-refractivity contribution in [2.24, 2.45) is 5.73 Å². The van der Waals surface area contributed by atoms with Crippen LogP contribution in [0.4, 0.5) is 53.7 Å². The van der Waals surface area contributed by atoms with Gasteiger partial charge in [-0.05, 0) is 222 Å². The van der Waals surface area contributed by atoms with Gasteiger partial charge in [-0.3, -0.25) is 0 Å². The summed E-state index contributed by atoms with van der Waals surface area (Å²) < 4.78 is 99.9. The molecule has 656 valence electrons. The third-order valence-corrected chi connectivity index (χ3v) is 26.4. The molecular weight excluding hydrogens is 1790 g/mol. The van der Waals surface area contributed by atoms with Crippen LogP contribution in [0.15, 0.2) is 129 Å². The molecule has 3 saturated carbocycles. The highest BCUT2D eigenvalue weighted by Crippen LogP contribution is 2.43. The Labute approximate surface area is 743 Å². The maximum Gasteiger partial charge on any atom is 0.210 e. The van der Waals surface area contributed by atoms with Gasteiger partial charge in [0.1, 0.15) is 41.2 Å². The van der Waals surface area contributed by atoms with E-state index >= 15 is 0 Å². The summed E-state index contributed by atoms with van der Waals surface area (Å²) in [5.41, 5.74) is 15.4. The fourth-order valence-corrected chi connectivity index (χ4v) is 19.3. The summed E-state index contributed by atoms with van der Waals surface area (Å²) in [6.45, 7) is 27.9. The number of nitrogens with one attached hydrogen (secondary N) is 8.